The lowest BCUT2D eigenvalue weighted by atomic mass is 9.91. The molecule has 0 aliphatic rings. The SMILES string of the molecule is c1ccc(-c2nc3ccccc3c3oc(-c4ccc(-c5nc6ccccc6n5-c5ccccc5)cc4)c(-c4cccc5ccccc45)c23)cc1. The Morgan fingerprint density at radius 1 is 0.460 bits per heavy atom. The largest absolute Gasteiger partial charge is 0.455 e. The first kappa shape index (κ1) is 28.3. The first-order chi connectivity index (χ1) is 24.8. The molecule has 7 aromatic carbocycles. The molecular weight excluding hydrogens is 611 g/mol. The molecule has 0 aliphatic carbocycles. The molecule has 0 unspecified atom stereocenters. The highest BCUT2D eigenvalue weighted by Gasteiger charge is 2.25. The third-order valence-electron chi connectivity index (χ3n) is 9.61. The van der Waals surface area contributed by atoms with Crippen LogP contribution in [0.25, 0.3) is 94.5 Å². The Balaban J connectivity index is 1.25. The molecule has 0 fully saturated rings. The van der Waals surface area contributed by atoms with Crippen LogP contribution in [0, 0.1) is 0 Å². The number of aromatic nitrogens is 3. The third-order valence-corrected chi connectivity index (χ3v) is 9.61. The van der Waals surface area contributed by atoms with Gasteiger partial charge in [0.15, 0.2) is 0 Å². The average Bonchev–Trinajstić information content (AvgIpc) is 3.78. The van der Waals surface area contributed by atoms with E-state index in [1.165, 1.54) is 10.8 Å². The summed E-state index contributed by atoms with van der Waals surface area (Å²) in [5.41, 5.74) is 11.0. The standard InChI is InChI=1S/C46H29N3O/c1-3-15-31(16-4-1)43-42-41(36-22-13-17-30-14-7-8-20-35(30)36)44(50-45(42)37-21-9-10-23-38(37)47-43)32-26-28-33(29-27-32)46-48-39-24-11-12-25-40(39)49(46)34-18-5-2-6-19-34/h1-29H. The number of benzene rings is 7. The molecule has 0 N–H and O–H groups in total. The maximum absolute atomic E-state index is 7.09. The lowest BCUT2D eigenvalue weighted by Crippen LogP contribution is -1.97. The molecule has 10 rings (SSSR count). The Kier molecular flexibility index (Phi) is 6.46. The molecular formula is C46H29N3O. The summed E-state index contributed by atoms with van der Waals surface area (Å²) in [6, 6.07) is 61.1. The van der Waals surface area contributed by atoms with E-state index in [0.717, 1.165) is 83.7 Å². The van der Waals surface area contributed by atoms with E-state index in [2.05, 4.69) is 156 Å². The summed E-state index contributed by atoms with van der Waals surface area (Å²) in [5, 5.41) is 4.34. The summed E-state index contributed by atoms with van der Waals surface area (Å²) >= 11 is 0. The van der Waals surface area contributed by atoms with Crippen LogP contribution in [0.5, 0.6) is 0 Å². The molecule has 0 radical (unpaired) electrons. The van der Waals surface area contributed by atoms with Crippen LogP contribution in [0.1, 0.15) is 0 Å². The normalized spacial score (nSPS) is 11.6. The van der Waals surface area contributed by atoms with Crippen molar-refractivity contribution in [3.8, 4) is 50.8 Å². The Labute approximate surface area is 288 Å². The number of furan rings is 1. The van der Waals surface area contributed by atoms with Gasteiger partial charge >= 0.3 is 0 Å². The quantitative estimate of drug-likeness (QED) is 0.188. The van der Waals surface area contributed by atoms with E-state index in [0.29, 0.717) is 0 Å². The van der Waals surface area contributed by atoms with Crippen LogP contribution in [0.4, 0.5) is 0 Å². The Morgan fingerprint density at radius 2 is 1.10 bits per heavy atom. The van der Waals surface area contributed by atoms with Gasteiger partial charge in [-0.3, -0.25) is 4.57 Å². The summed E-state index contributed by atoms with van der Waals surface area (Å²) in [6.45, 7) is 0. The van der Waals surface area contributed by atoms with E-state index in [-0.39, 0.29) is 0 Å². The number of pyridine rings is 1. The zero-order chi connectivity index (χ0) is 33.0. The molecule has 3 heterocycles. The summed E-state index contributed by atoms with van der Waals surface area (Å²) in [7, 11) is 0. The monoisotopic (exact) mass is 639 g/mol. The Bertz CT molecular complexity index is 2840. The van der Waals surface area contributed by atoms with E-state index in [1.54, 1.807) is 0 Å². The van der Waals surface area contributed by atoms with Crippen LogP contribution in [0.3, 0.4) is 0 Å². The smallest absolute Gasteiger partial charge is 0.147 e. The second-order valence-corrected chi connectivity index (χ2v) is 12.6. The van der Waals surface area contributed by atoms with E-state index in [4.69, 9.17) is 14.4 Å². The van der Waals surface area contributed by atoms with Crippen molar-refractivity contribution in [3.63, 3.8) is 0 Å². The fourth-order valence-corrected chi connectivity index (χ4v) is 7.32. The van der Waals surface area contributed by atoms with Crippen LogP contribution in [0.2, 0.25) is 0 Å². The predicted octanol–water partition coefficient (Wildman–Crippen LogP) is 12.1. The van der Waals surface area contributed by atoms with Gasteiger partial charge in [-0.2, -0.15) is 0 Å². The zero-order valence-corrected chi connectivity index (χ0v) is 27.0. The van der Waals surface area contributed by atoms with Crippen molar-refractivity contribution in [2.24, 2.45) is 0 Å². The van der Waals surface area contributed by atoms with E-state index < -0.39 is 0 Å². The molecule has 0 saturated carbocycles. The molecule has 4 nitrogen and oxygen atoms in total. The van der Waals surface area contributed by atoms with Gasteiger partial charge < -0.3 is 4.42 Å². The molecule has 0 aliphatic heterocycles. The van der Waals surface area contributed by atoms with Crippen molar-refractivity contribution in [3.05, 3.63) is 176 Å². The summed E-state index contributed by atoms with van der Waals surface area (Å²) in [5.74, 6) is 1.71. The lowest BCUT2D eigenvalue weighted by molar-refractivity contribution is 0.636. The summed E-state index contributed by atoms with van der Waals surface area (Å²) < 4.78 is 9.32. The molecule has 3 aromatic heterocycles. The summed E-state index contributed by atoms with van der Waals surface area (Å²) in [6.07, 6.45) is 0. The van der Waals surface area contributed by atoms with Gasteiger partial charge in [0.2, 0.25) is 0 Å². The number of para-hydroxylation sites is 4. The molecule has 50 heavy (non-hydrogen) atoms. The number of nitrogens with zero attached hydrogens (tertiary/aromatic N) is 3. The molecule has 0 bridgehead atoms. The molecule has 10 aromatic rings. The van der Waals surface area contributed by atoms with Gasteiger partial charge in [-0.05, 0) is 52.7 Å². The van der Waals surface area contributed by atoms with Crippen molar-refractivity contribution >= 4 is 43.7 Å². The first-order valence-electron chi connectivity index (χ1n) is 16.8. The van der Waals surface area contributed by atoms with Crippen LogP contribution in [-0.4, -0.2) is 14.5 Å². The maximum Gasteiger partial charge on any atom is 0.147 e. The number of imidazole rings is 1. The predicted molar refractivity (Wildman–Crippen MR) is 205 cm³/mol. The molecule has 0 spiro atoms. The van der Waals surface area contributed by atoms with Crippen molar-refractivity contribution in [2.45, 2.75) is 0 Å². The van der Waals surface area contributed by atoms with E-state index >= 15 is 0 Å². The molecule has 0 saturated heterocycles. The molecule has 234 valence electrons. The average molecular weight is 640 g/mol. The highest BCUT2D eigenvalue weighted by molar-refractivity contribution is 6.19. The van der Waals surface area contributed by atoms with Gasteiger partial charge in [0, 0.05) is 33.3 Å². The topological polar surface area (TPSA) is 43.9 Å². The van der Waals surface area contributed by atoms with Gasteiger partial charge in [0.1, 0.15) is 17.2 Å². The van der Waals surface area contributed by atoms with Crippen LogP contribution in [-0.2, 0) is 0 Å². The number of rotatable bonds is 5. The highest BCUT2D eigenvalue weighted by Crippen LogP contribution is 2.48. The number of hydrogen-bond donors (Lipinski definition) is 0. The Hall–Kier alpha value is -6.78. The second-order valence-electron chi connectivity index (χ2n) is 12.6. The highest BCUT2D eigenvalue weighted by atomic mass is 16.3. The zero-order valence-electron chi connectivity index (χ0n) is 27.0. The minimum Gasteiger partial charge on any atom is -0.455 e. The van der Waals surface area contributed by atoms with Crippen molar-refractivity contribution in [1.82, 2.24) is 14.5 Å². The van der Waals surface area contributed by atoms with Gasteiger partial charge in [-0.15, -0.1) is 0 Å². The minimum atomic E-state index is 0.815. The lowest BCUT2D eigenvalue weighted by Gasteiger charge is -2.12. The van der Waals surface area contributed by atoms with Gasteiger partial charge in [0.25, 0.3) is 0 Å². The van der Waals surface area contributed by atoms with Crippen molar-refractivity contribution in [2.75, 3.05) is 0 Å². The number of hydrogen-bond acceptors (Lipinski definition) is 3. The van der Waals surface area contributed by atoms with Crippen LogP contribution >= 0.6 is 0 Å². The van der Waals surface area contributed by atoms with E-state index in [1.807, 2.05) is 24.3 Å². The first-order valence-corrected chi connectivity index (χ1v) is 16.8. The summed E-state index contributed by atoms with van der Waals surface area (Å²) in [4.78, 5) is 10.4. The fourth-order valence-electron chi connectivity index (χ4n) is 7.32. The Morgan fingerprint density at radius 3 is 1.92 bits per heavy atom. The maximum atomic E-state index is 7.09. The molecule has 0 atom stereocenters. The van der Waals surface area contributed by atoms with Crippen molar-refractivity contribution in [1.29, 1.82) is 0 Å². The van der Waals surface area contributed by atoms with Gasteiger partial charge in [-0.25, -0.2) is 9.97 Å². The van der Waals surface area contributed by atoms with Crippen molar-refractivity contribution < 1.29 is 4.42 Å². The third kappa shape index (κ3) is 4.46. The van der Waals surface area contributed by atoms with E-state index in [9.17, 15) is 0 Å². The van der Waals surface area contributed by atoms with Gasteiger partial charge in [-0.1, -0.05) is 140 Å². The second kappa shape index (κ2) is 11.4. The molecule has 4 heteroatoms. The number of fused-ring (bicyclic) bond motifs is 5. The van der Waals surface area contributed by atoms with Gasteiger partial charge in [0.05, 0.1) is 27.6 Å². The minimum absolute atomic E-state index is 0.815. The fraction of sp³-hybridized carbons (Fsp3) is 0. The molecule has 0 amide bonds. The van der Waals surface area contributed by atoms with Crippen LogP contribution in [0.15, 0.2) is 180 Å². The van der Waals surface area contributed by atoms with Crippen LogP contribution < -0.4 is 0 Å².